The van der Waals surface area contributed by atoms with Gasteiger partial charge in [0.2, 0.25) is 11.8 Å². The maximum Gasteiger partial charge on any atom is 0.227 e. The van der Waals surface area contributed by atoms with Crippen molar-refractivity contribution in [2.45, 2.75) is 43.7 Å². The summed E-state index contributed by atoms with van der Waals surface area (Å²) in [5.41, 5.74) is 2.67. The molecule has 0 unspecified atom stereocenters. The van der Waals surface area contributed by atoms with Gasteiger partial charge >= 0.3 is 0 Å². The van der Waals surface area contributed by atoms with Crippen molar-refractivity contribution in [2.24, 2.45) is 5.92 Å². The molecule has 2 aliphatic rings. The molecule has 1 aliphatic heterocycles. The van der Waals surface area contributed by atoms with Crippen LogP contribution in [0.4, 0.5) is 23.1 Å². The lowest BCUT2D eigenvalue weighted by molar-refractivity contribution is -0.129. The summed E-state index contributed by atoms with van der Waals surface area (Å²) in [7, 11) is 0. The number of aromatic nitrogens is 4. The minimum atomic E-state index is 0.0936. The number of aromatic amines is 1. The Balaban J connectivity index is 1.38. The molecule has 11 heteroatoms. The van der Waals surface area contributed by atoms with Gasteiger partial charge in [-0.2, -0.15) is 5.10 Å². The molecule has 2 amide bonds. The quantitative estimate of drug-likeness (QED) is 0.415. The number of carbonyl (C=O) groups is 2. The lowest BCUT2D eigenvalue weighted by Gasteiger charge is -2.35. The molecule has 0 radical (unpaired) electrons. The van der Waals surface area contributed by atoms with Gasteiger partial charge < -0.3 is 20.4 Å². The summed E-state index contributed by atoms with van der Waals surface area (Å²) in [5, 5.41) is 14.1. The van der Waals surface area contributed by atoms with E-state index in [0.717, 1.165) is 40.5 Å². The number of aryl methyl sites for hydroxylation is 1. The Hall–Kier alpha value is -3.60. The van der Waals surface area contributed by atoms with E-state index >= 15 is 0 Å². The van der Waals surface area contributed by atoms with Gasteiger partial charge in [-0.1, -0.05) is 0 Å². The fourth-order valence-electron chi connectivity index (χ4n) is 4.10. The number of amides is 2. The van der Waals surface area contributed by atoms with E-state index in [-0.39, 0.29) is 17.7 Å². The van der Waals surface area contributed by atoms with E-state index in [1.165, 1.54) is 11.8 Å². The molecule has 3 aromatic rings. The maximum atomic E-state index is 12.0. The van der Waals surface area contributed by atoms with E-state index < -0.39 is 0 Å². The molecule has 3 heterocycles. The SMILES string of the molecule is CC(=O)N1CCN(c2nc(Sc3ccc(NC(=O)C4CC4)cc3)nc(Nc3cc(C)[nH]n3)c2C)CC1. The highest BCUT2D eigenvalue weighted by Crippen LogP contribution is 2.34. The van der Waals surface area contributed by atoms with Crippen LogP contribution in [0.25, 0.3) is 0 Å². The van der Waals surface area contributed by atoms with Crippen molar-refractivity contribution in [3.8, 4) is 0 Å². The van der Waals surface area contributed by atoms with Crippen LogP contribution in [0.3, 0.4) is 0 Å². The first kappa shape index (κ1) is 24.1. The molecule has 2 fully saturated rings. The number of hydrogen-bond acceptors (Lipinski definition) is 8. The monoisotopic (exact) mass is 506 g/mol. The van der Waals surface area contributed by atoms with Crippen LogP contribution in [0.1, 0.15) is 31.0 Å². The van der Waals surface area contributed by atoms with Crippen molar-refractivity contribution in [1.82, 2.24) is 25.1 Å². The number of piperazine rings is 1. The molecule has 0 bridgehead atoms. The predicted octanol–water partition coefficient (Wildman–Crippen LogP) is 3.73. The number of rotatable bonds is 7. The van der Waals surface area contributed by atoms with Crippen molar-refractivity contribution < 1.29 is 9.59 Å². The Labute approximate surface area is 214 Å². The first-order valence-electron chi connectivity index (χ1n) is 12.1. The van der Waals surface area contributed by atoms with Crippen molar-refractivity contribution >= 4 is 46.7 Å². The van der Waals surface area contributed by atoms with Gasteiger partial charge in [0.05, 0.1) is 0 Å². The first-order chi connectivity index (χ1) is 17.4. The Morgan fingerprint density at radius 3 is 2.39 bits per heavy atom. The molecule has 1 saturated heterocycles. The van der Waals surface area contributed by atoms with Crippen LogP contribution in [-0.4, -0.2) is 63.1 Å². The summed E-state index contributed by atoms with van der Waals surface area (Å²) in [4.78, 5) is 38.6. The summed E-state index contributed by atoms with van der Waals surface area (Å²) in [5.74, 6) is 2.58. The van der Waals surface area contributed by atoms with Crippen LogP contribution in [-0.2, 0) is 9.59 Å². The molecule has 10 nitrogen and oxygen atoms in total. The molecular weight excluding hydrogens is 476 g/mol. The van der Waals surface area contributed by atoms with E-state index in [1.807, 2.05) is 49.1 Å². The molecule has 36 heavy (non-hydrogen) atoms. The summed E-state index contributed by atoms with van der Waals surface area (Å²) >= 11 is 1.46. The third kappa shape index (κ3) is 5.62. The zero-order valence-corrected chi connectivity index (χ0v) is 21.5. The summed E-state index contributed by atoms with van der Waals surface area (Å²) in [6.07, 6.45) is 1.95. The van der Waals surface area contributed by atoms with E-state index in [1.54, 1.807) is 6.92 Å². The average Bonchev–Trinajstić information content (AvgIpc) is 3.64. The molecule has 3 N–H and O–H groups in total. The summed E-state index contributed by atoms with van der Waals surface area (Å²) < 4.78 is 0. The lowest BCUT2D eigenvalue weighted by atomic mass is 10.2. The van der Waals surface area contributed by atoms with Gasteiger partial charge in [-0.15, -0.1) is 0 Å². The van der Waals surface area contributed by atoms with Crippen LogP contribution in [0, 0.1) is 19.8 Å². The molecule has 0 spiro atoms. The molecule has 5 rings (SSSR count). The predicted molar refractivity (Wildman–Crippen MR) is 140 cm³/mol. The van der Waals surface area contributed by atoms with Gasteiger partial charge in [0.25, 0.3) is 0 Å². The first-order valence-corrected chi connectivity index (χ1v) is 12.9. The molecule has 1 saturated carbocycles. The number of benzene rings is 1. The second-order valence-corrected chi connectivity index (χ2v) is 10.3. The highest BCUT2D eigenvalue weighted by atomic mass is 32.2. The molecule has 1 aliphatic carbocycles. The highest BCUT2D eigenvalue weighted by Gasteiger charge is 2.29. The Kier molecular flexibility index (Phi) is 6.82. The standard InChI is InChI=1S/C25H30N8O2S/c1-15-14-21(31-30-15)27-22-16(2)23(33-12-10-32(11-13-33)17(3)34)29-25(28-22)36-20-8-6-19(7-9-20)26-24(35)18-4-5-18/h6-9,14,18H,4-5,10-13H2,1-3H3,(H,26,35)(H2,27,28,29,30,31). The van der Waals surface area contributed by atoms with Gasteiger partial charge in [0.1, 0.15) is 11.6 Å². The molecule has 188 valence electrons. The fourth-order valence-corrected chi connectivity index (χ4v) is 4.85. The lowest BCUT2D eigenvalue weighted by Crippen LogP contribution is -2.48. The minimum absolute atomic E-state index is 0.0936. The van der Waals surface area contributed by atoms with Crippen molar-refractivity contribution in [3.63, 3.8) is 0 Å². The smallest absolute Gasteiger partial charge is 0.227 e. The van der Waals surface area contributed by atoms with Gasteiger partial charge in [-0.25, -0.2) is 9.97 Å². The van der Waals surface area contributed by atoms with Crippen LogP contribution in [0.15, 0.2) is 40.4 Å². The van der Waals surface area contributed by atoms with Gasteiger partial charge in [-0.05, 0) is 62.7 Å². The number of nitrogens with one attached hydrogen (secondary N) is 3. The van der Waals surface area contributed by atoms with Gasteiger partial charge in [0, 0.05) is 66.9 Å². The van der Waals surface area contributed by atoms with Crippen molar-refractivity contribution in [2.75, 3.05) is 41.7 Å². The Morgan fingerprint density at radius 2 is 1.78 bits per heavy atom. The van der Waals surface area contributed by atoms with Gasteiger partial charge in [-0.3, -0.25) is 14.7 Å². The number of carbonyl (C=O) groups excluding carboxylic acids is 2. The Bertz CT molecular complexity index is 1260. The van der Waals surface area contributed by atoms with E-state index in [9.17, 15) is 9.59 Å². The van der Waals surface area contributed by atoms with Crippen molar-refractivity contribution in [1.29, 1.82) is 0 Å². The normalized spacial score (nSPS) is 15.6. The van der Waals surface area contributed by atoms with Crippen LogP contribution >= 0.6 is 11.8 Å². The number of nitrogens with zero attached hydrogens (tertiary/aromatic N) is 5. The zero-order valence-electron chi connectivity index (χ0n) is 20.7. The second kappa shape index (κ2) is 10.2. The summed E-state index contributed by atoms with van der Waals surface area (Å²) in [6.45, 7) is 8.29. The highest BCUT2D eigenvalue weighted by molar-refractivity contribution is 7.99. The molecule has 0 atom stereocenters. The van der Waals surface area contributed by atoms with E-state index in [2.05, 4.69) is 25.7 Å². The maximum absolute atomic E-state index is 12.0. The largest absolute Gasteiger partial charge is 0.353 e. The molecule has 2 aromatic heterocycles. The minimum Gasteiger partial charge on any atom is -0.353 e. The van der Waals surface area contributed by atoms with Crippen LogP contribution in [0.2, 0.25) is 0 Å². The van der Waals surface area contributed by atoms with E-state index in [0.29, 0.717) is 43.0 Å². The zero-order chi connectivity index (χ0) is 25.2. The molecule has 1 aromatic carbocycles. The van der Waals surface area contributed by atoms with Crippen molar-refractivity contribution in [3.05, 3.63) is 41.6 Å². The number of hydrogen-bond donors (Lipinski definition) is 3. The second-order valence-electron chi connectivity index (χ2n) is 9.25. The fraction of sp³-hybridized carbons (Fsp3) is 0.400. The molecular formula is C25H30N8O2S. The van der Waals surface area contributed by atoms with E-state index in [4.69, 9.17) is 9.97 Å². The third-order valence-electron chi connectivity index (χ3n) is 6.36. The summed E-state index contributed by atoms with van der Waals surface area (Å²) in [6, 6.07) is 9.67. The third-order valence-corrected chi connectivity index (χ3v) is 7.23. The number of H-pyrrole nitrogens is 1. The Morgan fingerprint density at radius 1 is 1.06 bits per heavy atom. The van der Waals surface area contributed by atoms with Gasteiger partial charge in [0.15, 0.2) is 11.0 Å². The van der Waals surface area contributed by atoms with Crippen LogP contribution < -0.4 is 15.5 Å². The topological polar surface area (TPSA) is 119 Å². The average molecular weight is 507 g/mol. The van der Waals surface area contributed by atoms with Crippen LogP contribution in [0.5, 0.6) is 0 Å². The number of anilines is 4.